The van der Waals surface area contributed by atoms with Crippen LogP contribution in [0.5, 0.6) is 0 Å². The molecule has 3 N–H and O–H groups in total. The molecule has 0 saturated carbocycles. The number of hydrogen-bond acceptors (Lipinski definition) is 4. The van der Waals surface area contributed by atoms with Gasteiger partial charge in [-0.05, 0) is 6.92 Å². The van der Waals surface area contributed by atoms with E-state index in [-0.39, 0.29) is 18.4 Å². The number of likely N-dealkylation sites (N-methyl/N-ethyl adjacent to an activating group) is 1. The van der Waals surface area contributed by atoms with Gasteiger partial charge in [-0.3, -0.25) is 9.59 Å². The van der Waals surface area contributed by atoms with Gasteiger partial charge in [0, 0.05) is 33.2 Å². The van der Waals surface area contributed by atoms with E-state index in [1.54, 1.807) is 18.9 Å². The SMILES string of the molecule is CC(C(=O)N1CCNCC1)N(C)C(=O)CN. The van der Waals surface area contributed by atoms with Gasteiger partial charge in [-0.25, -0.2) is 0 Å². The van der Waals surface area contributed by atoms with E-state index >= 15 is 0 Å². The Morgan fingerprint density at radius 2 is 2.00 bits per heavy atom. The van der Waals surface area contributed by atoms with Crippen molar-refractivity contribution in [3.8, 4) is 0 Å². The summed E-state index contributed by atoms with van der Waals surface area (Å²) in [6, 6.07) is -0.436. The van der Waals surface area contributed by atoms with Gasteiger partial charge in [0.05, 0.1) is 6.54 Å². The van der Waals surface area contributed by atoms with Crippen molar-refractivity contribution in [3.63, 3.8) is 0 Å². The number of piperazine rings is 1. The van der Waals surface area contributed by atoms with Gasteiger partial charge in [0.2, 0.25) is 11.8 Å². The molecule has 1 saturated heterocycles. The second-order valence-corrected chi connectivity index (χ2v) is 3.96. The summed E-state index contributed by atoms with van der Waals surface area (Å²) >= 11 is 0. The number of rotatable bonds is 3. The molecule has 1 heterocycles. The van der Waals surface area contributed by atoms with Crippen molar-refractivity contribution < 1.29 is 9.59 Å². The average molecular weight is 228 g/mol. The van der Waals surface area contributed by atoms with Crippen molar-refractivity contribution in [2.24, 2.45) is 5.73 Å². The van der Waals surface area contributed by atoms with Gasteiger partial charge in [0.15, 0.2) is 0 Å². The summed E-state index contributed by atoms with van der Waals surface area (Å²) < 4.78 is 0. The first-order chi connectivity index (χ1) is 7.57. The number of hydrogen-bond donors (Lipinski definition) is 2. The fourth-order valence-electron chi connectivity index (χ4n) is 1.68. The van der Waals surface area contributed by atoms with Crippen molar-refractivity contribution >= 4 is 11.8 Å². The van der Waals surface area contributed by atoms with Crippen LogP contribution in [0.15, 0.2) is 0 Å². The molecule has 1 aliphatic rings. The minimum atomic E-state index is -0.436. The van der Waals surface area contributed by atoms with Crippen LogP contribution in [0.3, 0.4) is 0 Å². The van der Waals surface area contributed by atoms with Crippen LogP contribution < -0.4 is 11.1 Å². The second-order valence-electron chi connectivity index (χ2n) is 3.96. The molecule has 0 aromatic rings. The van der Waals surface area contributed by atoms with Gasteiger partial charge in [-0.1, -0.05) is 0 Å². The normalized spacial score (nSPS) is 18.1. The molecule has 1 atom stereocenters. The Bertz CT molecular complexity index is 264. The summed E-state index contributed by atoms with van der Waals surface area (Å²) in [5.41, 5.74) is 5.26. The Balaban J connectivity index is 2.54. The van der Waals surface area contributed by atoms with Gasteiger partial charge >= 0.3 is 0 Å². The predicted octanol–water partition coefficient (Wildman–Crippen LogP) is -1.78. The second kappa shape index (κ2) is 5.81. The van der Waals surface area contributed by atoms with Gasteiger partial charge in [-0.15, -0.1) is 0 Å². The lowest BCUT2D eigenvalue weighted by atomic mass is 10.2. The van der Waals surface area contributed by atoms with Crippen molar-refractivity contribution in [2.75, 3.05) is 39.8 Å². The highest BCUT2D eigenvalue weighted by molar-refractivity contribution is 5.87. The lowest BCUT2D eigenvalue weighted by Gasteiger charge is -2.33. The number of carbonyl (C=O) groups excluding carboxylic acids is 2. The van der Waals surface area contributed by atoms with Crippen LogP contribution in [-0.2, 0) is 9.59 Å². The first-order valence-electron chi connectivity index (χ1n) is 5.53. The summed E-state index contributed by atoms with van der Waals surface area (Å²) in [6.45, 7) is 4.70. The summed E-state index contributed by atoms with van der Waals surface area (Å²) in [6.07, 6.45) is 0. The van der Waals surface area contributed by atoms with Crippen LogP contribution in [0, 0.1) is 0 Å². The van der Waals surface area contributed by atoms with Crippen LogP contribution in [0.1, 0.15) is 6.92 Å². The van der Waals surface area contributed by atoms with Crippen LogP contribution >= 0.6 is 0 Å². The first kappa shape index (κ1) is 12.9. The molecule has 6 heteroatoms. The number of nitrogens with two attached hydrogens (primary N) is 1. The van der Waals surface area contributed by atoms with Crippen molar-refractivity contribution in [1.29, 1.82) is 0 Å². The lowest BCUT2D eigenvalue weighted by molar-refractivity contribution is -0.143. The van der Waals surface area contributed by atoms with E-state index in [2.05, 4.69) is 5.32 Å². The lowest BCUT2D eigenvalue weighted by Crippen LogP contribution is -2.54. The van der Waals surface area contributed by atoms with Crippen LogP contribution in [0.4, 0.5) is 0 Å². The monoisotopic (exact) mass is 228 g/mol. The van der Waals surface area contributed by atoms with Gasteiger partial charge in [-0.2, -0.15) is 0 Å². The maximum atomic E-state index is 12.0. The molecule has 1 unspecified atom stereocenters. The van der Waals surface area contributed by atoms with Gasteiger partial charge < -0.3 is 20.9 Å². The molecule has 1 fully saturated rings. The van der Waals surface area contributed by atoms with E-state index in [1.807, 2.05) is 0 Å². The first-order valence-corrected chi connectivity index (χ1v) is 5.53. The molecule has 0 spiro atoms. The summed E-state index contributed by atoms with van der Waals surface area (Å²) in [5.74, 6) is -0.221. The highest BCUT2D eigenvalue weighted by atomic mass is 16.2. The van der Waals surface area contributed by atoms with Crippen molar-refractivity contribution in [1.82, 2.24) is 15.1 Å². The molecule has 2 amide bonds. The van der Waals surface area contributed by atoms with E-state index < -0.39 is 6.04 Å². The number of nitrogens with zero attached hydrogens (tertiary/aromatic N) is 2. The zero-order chi connectivity index (χ0) is 12.1. The molecule has 92 valence electrons. The standard InChI is InChI=1S/C10H20N4O2/c1-8(13(2)9(15)7-11)10(16)14-5-3-12-4-6-14/h8,12H,3-7,11H2,1-2H3. The van der Waals surface area contributed by atoms with Gasteiger partial charge in [0.25, 0.3) is 0 Å². The molecule has 0 aliphatic carbocycles. The summed E-state index contributed by atoms with van der Waals surface area (Å²) in [5, 5.41) is 3.18. The fraction of sp³-hybridized carbons (Fsp3) is 0.800. The highest BCUT2D eigenvalue weighted by Crippen LogP contribution is 2.03. The fourth-order valence-corrected chi connectivity index (χ4v) is 1.68. The summed E-state index contributed by atoms with van der Waals surface area (Å²) in [7, 11) is 1.61. The van der Waals surface area contributed by atoms with Crippen LogP contribution in [0.2, 0.25) is 0 Å². The minimum absolute atomic E-state index is 0.00852. The zero-order valence-electron chi connectivity index (χ0n) is 9.90. The number of nitrogens with one attached hydrogen (secondary N) is 1. The van der Waals surface area contributed by atoms with Crippen molar-refractivity contribution in [2.45, 2.75) is 13.0 Å². The predicted molar refractivity (Wildman–Crippen MR) is 60.7 cm³/mol. The largest absolute Gasteiger partial charge is 0.338 e. The quantitative estimate of drug-likeness (QED) is 0.599. The molecule has 16 heavy (non-hydrogen) atoms. The third-order valence-corrected chi connectivity index (χ3v) is 2.94. The zero-order valence-corrected chi connectivity index (χ0v) is 9.90. The smallest absolute Gasteiger partial charge is 0.245 e. The third kappa shape index (κ3) is 2.93. The molecule has 1 aliphatic heterocycles. The Morgan fingerprint density at radius 1 is 1.44 bits per heavy atom. The highest BCUT2D eigenvalue weighted by Gasteiger charge is 2.26. The van der Waals surface area contributed by atoms with Crippen molar-refractivity contribution in [3.05, 3.63) is 0 Å². The number of carbonyl (C=O) groups is 2. The van der Waals surface area contributed by atoms with Gasteiger partial charge in [0.1, 0.15) is 6.04 Å². The molecular weight excluding hydrogens is 208 g/mol. The van der Waals surface area contributed by atoms with E-state index in [1.165, 1.54) is 4.90 Å². The summed E-state index contributed by atoms with van der Waals surface area (Å²) in [4.78, 5) is 26.6. The Kier molecular flexibility index (Phi) is 4.70. The maximum Gasteiger partial charge on any atom is 0.245 e. The van der Waals surface area contributed by atoms with E-state index in [4.69, 9.17) is 5.73 Å². The van der Waals surface area contributed by atoms with E-state index in [9.17, 15) is 9.59 Å². The maximum absolute atomic E-state index is 12.0. The van der Waals surface area contributed by atoms with E-state index in [0.717, 1.165) is 13.1 Å². The third-order valence-electron chi connectivity index (χ3n) is 2.94. The topological polar surface area (TPSA) is 78.7 Å². The number of amides is 2. The molecule has 0 aromatic heterocycles. The Labute approximate surface area is 95.8 Å². The van der Waals surface area contributed by atoms with E-state index in [0.29, 0.717) is 13.1 Å². The molecular formula is C10H20N4O2. The Hall–Kier alpha value is -1.14. The molecule has 1 rings (SSSR count). The Morgan fingerprint density at radius 3 is 2.50 bits per heavy atom. The molecule has 0 bridgehead atoms. The van der Waals surface area contributed by atoms with Crippen LogP contribution in [0.25, 0.3) is 0 Å². The molecule has 0 aromatic carbocycles. The van der Waals surface area contributed by atoms with Crippen LogP contribution in [-0.4, -0.2) is 67.4 Å². The molecule has 6 nitrogen and oxygen atoms in total. The minimum Gasteiger partial charge on any atom is -0.338 e. The molecule has 0 radical (unpaired) electrons. The average Bonchev–Trinajstić information content (AvgIpc) is 2.36.